The maximum Gasteiger partial charge on any atom is 2.00 e. The number of nitriles is 1. The summed E-state index contributed by atoms with van der Waals surface area (Å²) < 4.78 is 38.0. The Labute approximate surface area is 513 Å². The van der Waals surface area contributed by atoms with Crippen molar-refractivity contribution in [1.29, 1.82) is 5.26 Å². The Morgan fingerprint density at radius 2 is 0.767 bits per heavy atom. The molecular weight excluding hydrogens is 1290 g/mol. The number of carbonyl (C=O) groups excluding carboxylic acids is 1. The molecule has 7 rings (SSSR count). The normalized spacial score (nSPS) is 17.6. The van der Waals surface area contributed by atoms with Crippen LogP contribution in [0.3, 0.4) is 0 Å². The summed E-state index contributed by atoms with van der Waals surface area (Å²) in [4.78, 5) is 41.7. The first-order chi connectivity index (χ1) is 30.4. The molecule has 4 aromatic heterocycles. The van der Waals surface area contributed by atoms with Crippen LogP contribution in [0.5, 0.6) is 0 Å². The second-order valence-electron chi connectivity index (χ2n) is 19.6. The summed E-state index contributed by atoms with van der Waals surface area (Å²) >= 11 is 9.50. The molecule has 3 aliphatic rings. The van der Waals surface area contributed by atoms with Crippen LogP contribution in [0.1, 0.15) is 146 Å². The van der Waals surface area contributed by atoms with Gasteiger partial charge in [-0.3, -0.25) is 4.79 Å². The van der Waals surface area contributed by atoms with E-state index < -0.39 is 32.3 Å². The van der Waals surface area contributed by atoms with Gasteiger partial charge in [0.05, 0.1) is 47.0 Å². The van der Waals surface area contributed by atoms with Gasteiger partial charge in [0.2, 0.25) is 5.82 Å². The fourth-order valence-corrected chi connectivity index (χ4v) is 5.86. The molecule has 0 atom stereocenters. The van der Waals surface area contributed by atoms with Crippen molar-refractivity contribution in [1.82, 2.24) is 39.9 Å². The Hall–Kier alpha value is -0.713. The number of ketones is 1. The van der Waals surface area contributed by atoms with Crippen LogP contribution in [0, 0.1) is 26.2 Å². The van der Waals surface area contributed by atoms with Crippen molar-refractivity contribution in [3.8, 4) is 6.07 Å². The van der Waals surface area contributed by atoms with Gasteiger partial charge in [0.25, 0.3) is 0 Å². The molecule has 73 heavy (non-hydrogen) atoms. The Bertz CT molecular complexity index is 2240. The van der Waals surface area contributed by atoms with Gasteiger partial charge < -0.3 is 87.0 Å². The van der Waals surface area contributed by atoms with Gasteiger partial charge in [0, 0.05) is 62.0 Å². The quantitative estimate of drug-likeness (QED) is 0.163. The molecule has 3 saturated heterocycles. The van der Waals surface area contributed by atoms with Crippen LogP contribution in [0.4, 0.5) is 0 Å². The third kappa shape index (κ3) is 22.9. The fourth-order valence-electron chi connectivity index (χ4n) is 5.25. The fraction of sp³-hybridized carbons (Fsp3) is 0.556. The molecule has 0 aliphatic carbocycles. The molecule has 0 radical (unpaired) electrons. The van der Waals surface area contributed by atoms with Crippen molar-refractivity contribution in [2.24, 2.45) is 0 Å². The number of halogens is 5. The van der Waals surface area contributed by atoms with E-state index in [0.29, 0.717) is 11.6 Å². The minimum atomic E-state index is -1.05. The Morgan fingerprint density at radius 1 is 0.521 bits per heavy atom. The molecule has 4 aromatic rings. The largest absolute Gasteiger partial charge is 2.00 e. The summed E-state index contributed by atoms with van der Waals surface area (Å²) in [6.07, 6.45) is 12.7. The van der Waals surface area contributed by atoms with Crippen LogP contribution in [0.2, 0.25) is 0 Å². The van der Waals surface area contributed by atoms with Gasteiger partial charge in [-0.15, -0.1) is 0 Å². The van der Waals surface area contributed by atoms with Gasteiger partial charge in [-0.05, 0) is 159 Å². The molecule has 0 spiro atoms. The van der Waals surface area contributed by atoms with Crippen molar-refractivity contribution in [2.45, 2.75) is 163 Å². The van der Waals surface area contributed by atoms with Crippen LogP contribution in [0.15, 0.2) is 63.0 Å². The minimum Gasteiger partial charge on any atom is -1.00 e. The van der Waals surface area contributed by atoms with E-state index in [9.17, 15) is 15.0 Å². The van der Waals surface area contributed by atoms with E-state index in [4.69, 9.17) is 33.2 Å². The van der Waals surface area contributed by atoms with E-state index in [1.807, 2.05) is 89.2 Å². The molecule has 2 N–H and O–H groups in total. The van der Waals surface area contributed by atoms with E-state index in [0.717, 1.165) is 18.9 Å². The Morgan fingerprint density at radius 3 is 1.03 bits per heavy atom. The maximum atomic E-state index is 10.6. The second-order valence-corrected chi connectivity index (χ2v) is 22.4. The smallest absolute Gasteiger partial charge is 1.00 e. The number of aliphatic hydroxyl groups is 2. The summed E-state index contributed by atoms with van der Waals surface area (Å²) in [7, 11) is -1.42. The van der Waals surface area contributed by atoms with E-state index in [1.54, 1.807) is 64.9 Å². The van der Waals surface area contributed by atoms with Crippen LogP contribution < -0.4 is 39.4 Å². The summed E-state index contributed by atoms with van der Waals surface area (Å²) in [5.74, 6) is 1.14. The standard InChI is InChI=1S/C13H21BN2O3.C12H24B2O4.C7H9BrN2O.C6H5BrN2O.C5H2BrN3.2CH3.2BrH.2Mg/c1-11(2,17)10-15-7-9(8-16-10)14-18-12(3,4)13(5,6)19-14;1-9(2)10(3,4)16-13(15-9)14-17-11(5,6)12(7,8)18-14;1-7(2,11)6-9-3-5(8)4-10-6;1-4(10)6-8-2-5(7)3-9-6;6-4-2-8-5(1-7)9-3-4;;;;;;/h7-8,17H,1-6H3;1-8H3;3-4,11H,1-2H3;2-3H,1H3;2-3H;2*1H3;2*1H;;/q;;;;;2*-1;;;2*+2/p-2. The van der Waals surface area contributed by atoms with Crippen molar-refractivity contribution >= 4 is 126 Å². The molecule has 0 amide bonds. The van der Waals surface area contributed by atoms with Crippen molar-refractivity contribution in [3.63, 3.8) is 0 Å². The number of nitrogens with zero attached hydrogens (tertiary/aromatic N) is 9. The first kappa shape index (κ1) is 78.8. The van der Waals surface area contributed by atoms with Gasteiger partial charge in [-0.1, -0.05) is 0 Å². The first-order valence-electron chi connectivity index (χ1n) is 21.1. The van der Waals surface area contributed by atoms with E-state index in [-0.39, 0.29) is 146 Å². The van der Waals surface area contributed by atoms with E-state index in [1.165, 1.54) is 19.3 Å². The molecule has 7 heterocycles. The molecule has 3 aliphatic heterocycles. The molecular formula is C45H67B3Br5Mg2N9O9. The number of aromatic nitrogens is 8. The third-order valence-corrected chi connectivity index (χ3v) is 12.6. The third-order valence-electron chi connectivity index (χ3n) is 11.3. The zero-order valence-corrected chi connectivity index (χ0v) is 56.2. The average molecular weight is 1360 g/mol. The van der Waals surface area contributed by atoms with Gasteiger partial charge in [-0.25, -0.2) is 39.9 Å². The van der Waals surface area contributed by atoms with Gasteiger partial charge in [0.1, 0.15) is 17.3 Å². The summed E-state index contributed by atoms with van der Waals surface area (Å²) in [6, 6.07) is 1.81. The molecule has 0 aromatic carbocycles. The number of hydrogen-bond acceptors (Lipinski definition) is 18. The predicted molar refractivity (Wildman–Crippen MR) is 289 cm³/mol. The summed E-state index contributed by atoms with van der Waals surface area (Å²) in [5.41, 5.74) is -3.45. The average Bonchev–Trinajstić information content (AvgIpc) is 3.68. The van der Waals surface area contributed by atoms with Crippen molar-refractivity contribution in [3.05, 3.63) is 101 Å². The number of rotatable bonds is 5. The maximum absolute atomic E-state index is 10.6. The number of hydrogen-bond donors (Lipinski definition) is 2. The Kier molecular flexibility index (Phi) is 33.6. The molecule has 0 saturated carbocycles. The molecule has 0 bridgehead atoms. The van der Waals surface area contributed by atoms with Gasteiger partial charge in [-0.2, -0.15) is 5.26 Å². The Balaban J connectivity index is -0.000000411. The van der Waals surface area contributed by atoms with Crippen molar-refractivity contribution in [2.75, 3.05) is 0 Å². The molecule has 3 fully saturated rings. The van der Waals surface area contributed by atoms with Crippen LogP contribution in [0.25, 0.3) is 0 Å². The van der Waals surface area contributed by atoms with E-state index >= 15 is 0 Å². The zero-order valence-electron chi connectivity index (χ0n) is 45.4. The number of Topliss-reactive ketones (excluding diaryl/α,β-unsaturated/α-hetero) is 1. The van der Waals surface area contributed by atoms with Gasteiger partial charge >= 0.3 is 67.2 Å². The summed E-state index contributed by atoms with van der Waals surface area (Å²) in [6.45, 7) is 32.2. The topological polar surface area (TPSA) is 240 Å². The molecule has 394 valence electrons. The monoisotopic (exact) mass is 1350 g/mol. The van der Waals surface area contributed by atoms with Crippen LogP contribution >= 0.6 is 47.8 Å². The van der Waals surface area contributed by atoms with Gasteiger partial charge in [0.15, 0.2) is 23.3 Å². The second kappa shape index (κ2) is 31.2. The van der Waals surface area contributed by atoms with E-state index in [2.05, 4.69) is 87.7 Å². The minimum absolute atomic E-state index is 0. The van der Waals surface area contributed by atoms with Crippen LogP contribution in [-0.2, 0) is 39.1 Å². The number of carbonyl (C=O) groups is 1. The zero-order chi connectivity index (χ0) is 51.2. The SMILES string of the molecule is CC(=O)c1ncc(Br)cn1.CC(C)(O)c1ncc(B2OC(C)(C)C(C)(C)O2)cn1.CC(C)(O)c1ncc(Br)cn1.CC1(C)OB(B2OC(C)(C)C(C)(C)O2)OC1(C)C.N#Cc1ncc(Br)cn1.[Br-].[Br-].[CH3-].[CH3-].[Mg+2].[Mg+2]. The summed E-state index contributed by atoms with van der Waals surface area (Å²) in [5, 5.41) is 27.5. The van der Waals surface area contributed by atoms with Crippen molar-refractivity contribution < 1.29 is 76.9 Å². The molecule has 18 nitrogen and oxygen atoms in total. The molecule has 28 heteroatoms. The van der Waals surface area contributed by atoms with Crippen LogP contribution in [-0.4, -0.2) is 157 Å². The first-order valence-corrected chi connectivity index (χ1v) is 23.5. The predicted octanol–water partition coefficient (Wildman–Crippen LogP) is 1.42. The molecule has 0 unspecified atom stereocenters.